The maximum Gasteiger partial charge on any atom is 0.0665 e. The molecule has 1 aromatic carbocycles. The molecule has 0 saturated carbocycles. The van der Waals surface area contributed by atoms with Crippen molar-refractivity contribution in [3.63, 3.8) is 0 Å². The number of para-hydroxylation sites is 1. The van der Waals surface area contributed by atoms with E-state index in [1.807, 2.05) is 0 Å². The van der Waals surface area contributed by atoms with Gasteiger partial charge in [-0.05, 0) is 24.6 Å². The molecular formula is C14H17N3. The van der Waals surface area contributed by atoms with Gasteiger partial charge in [0.25, 0.3) is 0 Å². The Morgan fingerprint density at radius 1 is 1.41 bits per heavy atom. The molecule has 0 amide bonds. The van der Waals surface area contributed by atoms with Crippen molar-refractivity contribution >= 4 is 10.9 Å². The molecule has 3 heteroatoms. The number of fused-ring (bicyclic) bond motifs is 3. The average Bonchev–Trinajstić information content (AvgIpc) is 2.76. The highest BCUT2D eigenvalue weighted by atomic mass is 15.0. The largest absolute Gasteiger partial charge is 0.357 e. The Bertz CT molecular complexity index is 556. The van der Waals surface area contributed by atoms with Gasteiger partial charge in [0.2, 0.25) is 0 Å². The SMILES string of the molecule is C=CC(N)C1NCCc2c1[nH]c1ccccc21. The van der Waals surface area contributed by atoms with Crippen LogP contribution in [0.25, 0.3) is 10.9 Å². The minimum atomic E-state index is -0.0536. The quantitative estimate of drug-likeness (QED) is 0.686. The highest BCUT2D eigenvalue weighted by Gasteiger charge is 2.26. The third kappa shape index (κ3) is 1.59. The normalized spacial score (nSPS) is 21.1. The van der Waals surface area contributed by atoms with E-state index in [1.165, 1.54) is 22.2 Å². The van der Waals surface area contributed by atoms with Crippen LogP contribution in [0.5, 0.6) is 0 Å². The second-order valence-corrected chi connectivity index (χ2v) is 4.56. The smallest absolute Gasteiger partial charge is 0.0665 e. The van der Waals surface area contributed by atoms with Crippen molar-refractivity contribution in [2.75, 3.05) is 6.54 Å². The zero-order valence-electron chi connectivity index (χ0n) is 9.74. The molecule has 4 N–H and O–H groups in total. The number of benzene rings is 1. The molecule has 0 bridgehead atoms. The van der Waals surface area contributed by atoms with Crippen molar-refractivity contribution in [3.8, 4) is 0 Å². The third-order valence-electron chi connectivity index (χ3n) is 3.55. The van der Waals surface area contributed by atoms with Crippen LogP contribution < -0.4 is 11.1 Å². The van der Waals surface area contributed by atoms with E-state index in [1.54, 1.807) is 6.08 Å². The molecule has 0 spiro atoms. The van der Waals surface area contributed by atoms with Crippen molar-refractivity contribution < 1.29 is 0 Å². The molecule has 1 aliphatic heterocycles. The highest BCUT2D eigenvalue weighted by molar-refractivity contribution is 5.85. The van der Waals surface area contributed by atoms with Gasteiger partial charge < -0.3 is 16.0 Å². The monoisotopic (exact) mass is 227 g/mol. The fourth-order valence-electron chi connectivity index (χ4n) is 2.68. The molecule has 0 radical (unpaired) electrons. The number of hydrogen-bond acceptors (Lipinski definition) is 2. The molecule has 0 aliphatic carbocycles. The Balaban J connectivity index is 2.17. The van der Waals surface area contributed by atoms with Gasteiger partial charge in [0, 0.05) is 22.6 Å². The van der Waals surface area contributed by atoms with E-state index in [4.69, 9.17) is 5.73 Å². The molecule has 3 rings (SSSR count). The Kier molecular flexibility index (Phi) is 2.50. The Morgan fingerprint density at radius 2 is 2.24 bits per heavy atom. The third-order valence-corrected chi connectivity index (χ3v) is 3.55. The maximum absolute atomic E-state index is 6.08. The number of nitrogens with one attached hydrogen (secondary N) is 2. The van der Waals surface area contributed by atoms with Gasteiger partial charge in [-0.15, -0.1) is 6.58 Å². The van der Waals surface area contributed by atoms with E-state index in [9.17, 15) is 0 Å². The van der Waals surface area contributed by atoms with Crippen LogP contribution in [0, 0.1) is 0 Å². The van der Waals surface area contributed by atoms with Crippen LogP contribution in [0.2, 0.25) is 0 Å². The first-order valence-electron chi connectivity index (χ1n) is 6.02. The van der Waals surface area contributed by atoms with Gasteiger partial charge >= 0.3 is 0 Å². The Morgan fingerprint density at radius 3 is 3.06 bits per heavy atom. The number of aromatic nitrogens is 1. The molecule has 88 valence electrons. The van der Waals surface area contributed by atoms with E-state index in [2.05, 4.69) is 41.1 Å². The fraction of sp³-hybridized carbons (Fsp3) is 0.286. The standard InChI is InChI=1S/C14H17N3/c1-2-11(15)14-13-10(7-8-16-14)9-5-3-4-6-12(9)17-13/h2-6,11,14,16-17H,1,7-8,15H2. The first kappa shape index (κ1) is 10.6. The summed E-state index contributed by atoms with van der Waals surface area (Å²) in [6.45, 7) is 4.76. The van der Waals surface area contributed by atoms with Crippen LogP contribution in [0.3, 0.4) is 0 Å². The number of rotatable bonds is 2. The van der Waals surface area contributed by atoms with Gasteiger partial charge in [-0.2, -0.15) is 0 Å². The predicted molar refractivity (Wildman–Crippen MR) is 70.9 cm³/mol. The second kappa shape index (κ2) is 4.02. The van der Waals surface area contributed by atoms with E-state index in [-0.39, 0.29) is 12.1 Å². The summed E-state index contributed by atoms with van der Waals surface area (Å²) in [6.07, 6.45) is 2.86. The van der Waals surface area contributed by atoms with Gasteiger partial charge in [0.15, 0.2) is 0 Å². The van der Waals surface area contributed by atoms with E-state index < -0.39 is 0 Å². The Hall–Kier alpha value is -1.58. The first-order chi connectivity index (χ1) is 8.31. The van der Waals surface area contributed by atoms with Crippen molar-refractivity contribution in [2.45, 2.75) is 18.5 Å². The average molecular weight is 227 g/mol. The van der Waals surface area contributed by atoms with Crippen LogP contribution in [0.15, 0.2) is 36.9 Å². The molecule has 17 heavy (non-hydrogen) atoms. The number of aromatic amines is 1. The minimum Gasteiger partial charge on any atom is -0.357 e. The number of H-pyrrole nitrogens is 1. The van der Waals surface area contributed by atoms with Crippen molar-refractivity contribution in [3.05, 3.63) is 48.2 Å². The minimum absolute atomic E-state index is 0.0536. The zero-order chi connectivity index (χ0) is 11.8. The van der Waals surface area contributed by atoms with Crippen LogP contribution in [-0.2, 0) is 6.42 Å². The maximum atomic E-state index is 6.08. The lowest BCUT2D eigenvalue weighted by Crippen LogP contribution is -2.40. The second-order valence-electron chi connectivity index (χ2n) is 4.56. The molecule has 2 unspecified atom stereocenters. The summed E-state index contributed by atoms with van der Waals surface area (Å²) in [6, 6.07) is 8.53. The van der Waals surface area contributed by atoms with Crippen LogP contribution >= 0.6 is 0 Å². The topological polar surface area (TPSA) is 53.8 Å². The van der Waals surface area contributed by atoms with E-state index in [0.29, 0.717) is 0 Å². The van der Waals surface area contributed by atoms with Gasteiger partial charge in [-0.3, -0.25) is 0 Å². The number of nitrogens with two attached hydrogens (primary N) is 1. The van der Waals surface area contributed by atoms with Crippen LogP contribution in [0.4, 0.5) is 0 Å². The number of hydrogen-bond donors (Lipinski definition) is 3. The first-order valence-corrected chi connectivity index (χ1v) is 6.02. The predicted octanol–water partition coefficient (Wildman–Crippen LogP) is 1.87. The van der Waals surface area contributed by atoms with Crippen LogP contribution in [-0.4, -0.2) is 17.6 Å². The molecule has 1 aromatic heterocycles. The molecular weight excluding hydrogens is 210 g/mol. The summed E-state index contributed by atoms with van der Waals surface area (Å²) >= 11 is 0. The molecule has 2 heterocycles. The lowest BCUT2D eigenvalue weighted by molar-refractivity contribution is 0.460. The van der Waals surface area contributed by atoms with Gasteiger partial charge in [-0.1, -0.05) is 24.3 Å². The summed E-state index contributed by atoms with van der Waals surface area (Å²) in [5.41, 5.74) is 9.91. The van der Waals surface area contributed by atoms with Crippen molar-refractivity contribution in [1.82, 2.24) is 10.3 Å². The molecule has 2 atom stereocenters. The summed E-state index contributed by atoms with van der Waals surface area (Å²) in [5, 5.41) is 4.78. The van der Waals surface area contributed by atoms with Crippen molar-refractivity contribution in [2.24, 2.45) is 5.73 Å². The zero-order valence-corrected chi connectivity index (χ0v) is 9.74. The van der Waals surface area contributed by atoms with Gasteiger partial charge in [-0.25, -0.2) is 0 Å². The fourth-order valence-corrected chi connectivity index (χ4v) is 2.68. The lowest BCUT2D eigenvalue weighted by Gasteiger charge is -2.27. The lowest BCUT2D eigenvalue weighted by atomic mass is 9.95. The van der Waals surface area contributed by atoms with E-state index >= 15 is 0 Å². The van der Waals surface area contributed by atoms with E-state index in [0.717, 1.165) is 13.0 Å². The van der Waals surface area contributed by atoms with Gasteiger partial charge in [0.1, 0.15) is 0 Å². The summed E-state index contributed by atoms with van der Waals surface area (Å²) < 4.78 is 0. The van der Waals surface area contributed by atoms with Crippen molar-refractivity contribution in [1.29, 1.82) is 0 Å². The van der Waals surface area contributed by atoms with Gasteiger partial charge in [0.05, 0.1) is 6.04 Å². The Labute approximate surface area is 101 Å². The summed E-state index contributed by atoms with van der Waals surface area (Å²) in [4.78, 5) is 3.49. The molecule has 0 fully saturated rings. The summed E-state index contributed by atoms with van der Waals surface area (Å²) in [5.74, 6) is 0. The molecule has 2 aromatic rings. The molecule has 0 saturated heterocycles. The van der Waals surface area contributed by atoms with Crippen LogP contribution in [0.1, 0.15) is 17.3 Å². The highest BCUT2D eigenvalue weighted by Crippen LogP contribution is 2.31. The molecule has 3 nitrogen and oxygen atoms in total. The summed E-state index contributed by atoms with van der Waals surface area (Å²) in [7, 11) is 0. The molecule has 1 aliphatic rings.